The molecule has 2 aromatic heterocycles. The van der Waals surface area contributed by atoms with E-state index in [9.17, 15) is 0 Å². The van der Waals surface area contributed by atoms with Gasteiger partial charge in [-0.3, -0.25) is 0 Å². The molecule has 1 aliphatic heterocycles. The molecule has 3 aromatic rings. The molecule has 1 aliphatic rings. The summed E-state index contributed by atoms with van der Waals surface area (Å²) in [5, 5.41) is 18.0. The van der Waals surface area contributed by atoms with Crippen LogP contribution in [0.15, 0.2) is 33.9 Å². The largest absolute Gasteiger partial charge is 0.379 e. The number of nitrogens with zero attached hydrogens (tertiary/aromatic N) is 5. The van der Waals surface area contributed by atoms with Crippen LogP contribution < -0.4 is 0 Å². The van der Waals surface area contributed by atoms with Gasteiger partial charge in [0, 0.05) is 24.2 Å². The number of fused-ring (bicyclic) bond motifs is 1. The molecular weight excluding hydrogens is 302 g/mol. The fourth-order valence-electron chi connectivity index (χ4n) is 2.58. The Morgan fingerprint density at radius 2 is 2.27 bits per heavy atom. The van der Waals surface area contributed by atoms with Gasteiger partial charge in [0.1, 0.15) is 0 Å². The van der Waals surface area contributed by atoms with E-state index < -0.39 is 0 Å². The molecule has 114 valence electrons. The summed E-state index contributed by atoms with van der Waals surface area (Å²) in [6.07, 6.45) is 1.78. The Morgan fingerprint density at radius 3 is 3.18 bits per heavy atom. The van der Waals surface area contributed by atoms with Gasteiger partial charge in [0.25, 0.3) is 0 Å². The van der Waals surface area contributed by atoms with Crippen LogP contribution in [-0.2, 0) is 11.2 Å². The van der Waals surface area contributed by atoms with Crippen molar-refractivity contribution in [1.82, 2.24) is 25.4 Å². The van der Waals surface area contributed by atoms with Crippen LogP contribution in [0.5, 0.6) is 0 Å². The highest BCUT2D eigenvalue weighted by Gasteiger charge is 2.22. The highest BCUT2D eigenvalue weighted by molar-refractivity contribution is 7.99. The highest BCUT2D eigenvalue weighted by atomic mass is 32.2. The van der Waals surface area contributed by atoms with Gasteiger partial charge in [-0.05, 0) is 29.0 Å². The van der Waals surface area contributed by atoms with Gasteiger partial charge in [-0.1, -0.05) is 29.1 Å². The summed E-state index contributed by atoms with van der Waals surface area (Å²) in [4.78, 5) is 0. The molecule has 0 spiro atoms. The van der Waals surface area contributed by atoms with E-state index in [0.29, 0.717) is 6.61 Å². The average molecular weight is 317 g/mol. The first-order valence-electron chi connectivity index (χ1n) is 7.23. The van der Waals surface area contributed by atoms with Crippen LogP contribution in [0.4, 0.5) is 0 Å². The Bertz CT molecular complexity index is 765. The van der Waals surface area contributed by atoms with Gasteiger partial charge < -0.3 is 9.26 Å². The van der Waals surface area contributed by atoms with Crippen LogP contribution in [0.3, 0.4) is 0 Å². The summed E-state index contributed by atoms with van der Waals surface area (Å²) in [6.45, 7) is 1.46. The predicted molar refractivity (Wildman–Crippen MR) is 80.7 cm³/mol. The number of ether oxygens (including phenoxy) is 1. The molecule has 1 aromatic carbocycles. The van der Waals surface area contributed by atoms with Crippen LogP contribution in [0.2, 0.25) is 0 Å². The lowest BCUT2D eigenvalue weighted by molar-refractivity contribution is 0.182. The molecule has 0 bridgehead atoms. The van der Waals surface area contributed by atoms with Crippen LogP contribution >= 0.6 is 11.8 Å². The van der Waals surface area contributed by atoms with E-state index in [-0.39, 0.29) is 6.04 Å². The second kappa shape index (κ2) is 6.05. The SMILES string of the molecule is c1ccc2c(CCSc3nnnn3C3CCOC3)noc2c1. The fraction of sp³-hybridized carbons (Fsp3) is 0.429. The second-order valence-electron chi connectivity index (χ2n) is 5.15. The minimum absolute atomic E-state index is 0.255. The Morgan fingerprint density at radius 1 is 1.32 bits per heavy atom. The number of hydrogen-bond acceptors (Lipinski definition) is 7. The lowest BCUT2D eigenvalue weighted by atomic mass is 10.2. The van der Waals surface area contributed by atoms with Gasteiger partial charge in [-0.25, -0.2) is 4.68 Å². The number of aromatic nitrogens is 5. The molecule has 0 saturated carbocycles. The molecule has 7 nitrogen and oxygen atoms in total. The molecule has 0 aliphatic carbocycles. The third-order valence-electron chi connectivity index (χ3n) is 3.74. The van der Waals surface area contributed by atoms with Crippen molar-refractivity contribution < 1.29 is 9.26 Å². The van der Waals surface area contributed by atoms with Crippen molar-refractivity contribution in [2.45, 2.75) is 24.0 Å². The fourth-order valence-corrected chi connectivity index (χ4v) is 3.47. The van der Waals surface area contributed by atoms with Gasteiger partial charge >= 0.3 is 0 Å². The van der Waals surface area contributed by atoms with E-state index in [2.05, 4.69) is 20.7 Å². The normalized spacial score (nSPS) is 18.3. The molecule has 4 rings (SSSR count). The maximum Gasteiger partial charge on any atom is 0.209 e. The van der Waals surface area contributed by atoms with E-state index in [1.165, 1.54) is 0 Å². The van der Waals surface area contributed by atoms with Crippen LogP contribution in [0.1, 0.15) is 18.2 Å². The second-order valence-corrected chi connectivity index (χ2v) is 6.21. The summed E-state index contributed by atoms with van der Waals surface area (Å²) in [7, 11) is 0. The minimum Gasteiger partial charge on any atom is -0.379 e. The Balaban J connectivity index is 1.42. The van der Waals surface area contributed by atoms with Crippen molar-refractivity contribution in [1.29, 1.82) is 0 Å². The van der Waals surface area contributed by atoms with Crippen LogP contribution in [-0.4, -0.2) is 44.3 Å². The minimum atomic E-state index is 0.255. The monoisotopic (exact) mass is 317 g/mol. The molecule has 3 heterocycles. The van der Waals surface area contributed by atoms with E-state index in [1.54, 1.807) is 11.8 Å². The number of thioether (sulfide) groups is 1. The predicted octanol–water partition coefficient (Wildman–Crippen LogP) is 2.11. The molecule has 0 radical (unpaired) electrons. The van der Waals surface area contributed by atoms with E-state index >= 15 is 0 Å². The smallest absolute Gasteiger partial charge is 0.209 e. The van der Waals surface area contributed by atoms with Crippen LogP contribution in [0.25, 0.3) is 11.0 Å². The Labute approximate surface area is 131 Å². The molecule has 22 heavy (non-hydrogen) atoms. The summed E-state index contributed by atoms with van der Waals surface area (Å²) in [5.74, 6) is 0.852. The molecule has 0 amide bonds. The molecule has 8 heteroatoms. The first kappa shape index (κ1) is 13.7. The van der Waals surface area contributed by atoms with Crippen molar-refractivity contribution in [2.24, 2.45) is 0 Å². The Hall–Kier alpha value is -1.93. The van der Waals surface area contributed by atoms with Crippen molar-refractivity contribution in [3.8, 4) is 0 Å². The van der Waals surface area contributed by atoms with Gasteiger partial charge in [-0.2, -0.15) is 0 Å². The third-order valence-corrected chi connectivity index (χ3v) is 4.67. The zero-order valence-electron chi connectivity index (χ0n) is 11.9. The van der Waals surface area contributed by atoms with Crippen LogP contribution in [0, 0.1) is 0 Å². The van der Waals surface area contributed by atoms with Gasteiger partial charge in [0.15, 0.2) is 5.58 Å². The number of benzene rings is 1. The van der Waals surface area contributed by atoms with Crippen molar-refractivity contribution >= 4 is 22.7 Å². The molecule has 1 saturated heterocycles. The highest BCUT2D eigenvalue weighted by Crippen LogP contribution is 2.25. The quantitative estimate of drug-likeness (QED) is 0.667. The number of hydrogen-bond donors (Lipinski definition) is 0. The number of para-hydroxylation sites is 1. The lowest BCUT2D eigenvalue weighted by Crippen LogP contribution is -2.12. The number of rotatable bonds is 5. The summed E-state index contributed by atoms with van der Waals surface area (Å²) in [5.41, 5.74) is 1.81. The molecule has 1 unspecified atom stereocenters. The van der Waals surface area contributed by atoms with E-state index in [4.69, 9.17) is 9.26 Å². The van der Waals surface area contributed by atoms with Crippen molar-refractivity contribution in [2.75, 3.05) is 19.0 Å². The topological polar surface area (TPSA) is 78.9 Å². The zero-order chi connectivity index (χ0) is 14.8. The van der Waals surface area contributed by atoms with Gasteiger partial charge in [0.2, 0.25) is 5.16 Å². The standard InChI is InChI=1S/C14H15N5O2S/c1-2-4-13-11(3-1)12(16-21-13)6-8-22-14-15-17-18-19(14)10-5-7-20-9-10/h1-4,10H,5-9H2. The van der Waals surface area contributed by atoms with Crippen molar-refractivity contribution in [3.05, 3.63) is 30.0 Å². The molecule has 1 atom stereocenters. The zero-order valence-corrected chi connectivity index (χ0v) is 12.7. The summed E-state index contributed by atoms with van der Waals surface area (Å²) in [6, 6.07) is 8.16. The lowest BCUT2D eigenvalue weighted by Gasteiger charge is -2.08. The Kier molecular flexibility index (Phi) is 3.77. The maximum absolute atomic E-state index is 5.40. The summed E-state index contributed by atoms with van der Waals surface area (Å²) >= 11 is 1.64. The summed E-state index contributed by atoms with van der Waals surface area (Å²) < 4.78 is 12.6. The molecule has 1 fully saturated rings. The third kappa shape index (κ3) is 2.59. The van der Waals surface area contributed by atoms with Crippen molar-refractivity contribution in [3.63, 3.8) is 0 Å². The maximum atomic E-state index is 5.40. The first-order chi connectivity index (χ1) is 10.9. The van der Waals surface area contributed by atoms with Gasteiger partial charge in [-0.15, -0.1) is 5.10 Å². The first-order valence-corrected chi connectivity index (χ1v) is 8.22. The molecule has 0 N–H and O–H groups in total. The number of tetrazole rings is 1. The number of aryl methyl sites for hydroxylation is 1. The van der Waals surface area contributed by atoms with E-state index in [1.807, 2.05) is 28.9 Å². The molecular formula is C14H15N5O2S. The van der Waals surface area contributed by atoms with Gasteiger partial charge in [0.05, 0.1) is 18.3 Å². The average Bonchev–Trinajstić information content (AvgIpc) is 3.28. The van der Waals surface area contributed by atoms with E-state index in [0.717, 1.165) is 47.0 Å².